The van der Waals surface area contributed by atoms with Gasteiger partial charge in [0.05, 0.1) is 22.8 Å². The summed E-state index contributed by atoms with van der Waals surface area (Å²) in [7, 11) is 0. The molecule has 0 bridgehead atoms. The minimum atomic E-state index is -2.35. The average molecular weight is 734 g/mol. The zero-order valence-corrected chi connectivity index (χ0v) is 28.6. The Morgan fingerprint density at radius 2 is 1.43 bits per heavy atom. The molecule has 2 aliphatic carbocycles. The number of ether oxygens (including phenoxy) is 3. The van der Waals surface area contributed by atoms with Gasteiger partial charge in [-0.15, -0.1) is 6.58 Å². The molecule has 0 aromatic heterocycles. The minimum absolute atomic E-state index is 0.220. The van der Waals surface area contributed by atoms with Crippen LogP contribution in [0, 0.1) is 16.7 Å². The summed E-state index contributed by atoms with van der Waals surface area (Å²) >= 11 is 6.73. The number of hydrogen-bond donors (Lipinski definition) is 2. The van der Waals surface area contributed by atoms with Crippen LogP contribution in [0.5, 0.6) is 0 Å². The fraction of sp³-hybridized carbons (Fsp3) is 0.500. The Kier molecular flexibility index (Phi) is 8.37. The molecule has 0 spiro atoms. The lowest BCUT2D eigenvalue weighted by Gasteiger charge is -2.71. The Morgan fingerprint density at radius 1 is 0.932 bits per heavy atom. The minimum Gasteiger partial charge on any atom is -0.458 e. The van der Waals surface area contributed by atoms with Gasteiger partial charge in [0, 0.05) is 26.7 Å². The molecule has 10 heteroatoms. The molecule has 2 aromatic rings. The predicted molar refractivity (Wildman–Crippen MR) is 170 cm³/mol. The number of esters is 2. The van der Waals surface area contributed by atoms with Crippen LogP contribution in [0.1, 0.15) is 74.6 Å². The van der Waals surface area contributed by atoms with Gasteiger partial charge in [0.25, 0.3) is 0 Å². The lowest BCUT2D eigenvalue weighted by Crippen LogP contribution is -2.87. The molecule has 2 N–H and O–H groups in total. The molecule has 3 fully saturated rings. The van der Waals surface area contributed by atoms with Crippen LogP contribution in [0.2, 0.25) is 0 Å². The Morgan fingerprint density at radius 3 is 1.93 bits per heavy atom. The predicted octanol–water partition coefficient (Wildman–Crippen LogP) is 6.20. The zero-order chi connectivity index (χ0) is 32.5. The van der Waals surface area contributed by atoms with E-state index >= 15 is 0 Å². The van der Waals surface area contributed by atoms with Gasteiger partial charge in [-0.2, -0.15) is 0 Å². The number of ketones is 1. The summed E-state index contributed by atoms with van der Waals surface area (Å²) in [4.78, 5) is 41.4. The average Bonchev–Trinajstić information content (AvgIpc) is 2.95. The van der Waals surface area contributed by atoms with Gasteiger partial charge in [-0.3, -0.25) is 4.79 Å². The van der Waals surface area contributed by atoms with Gasteiger partial charge < -0.3 is 24.4 Å². The third-order valence-electron chi connectivity index (χ3n) is 10.3. The van der Waals surface area contributed by atoms with Crippen molar-refractivity contribution in [2.75, 3.05) is 0 Å². The first-order valence-electron chi connectivity index (χ1n) is 14.6. The molecule has 236 valence electrons. The molecular formula is C34H38Br2O8. The van der Waals surface area contributed by atoms with Crippen molar-refractivity contribution in [2.24, 2.45) is 16.7 Å². The number of aliphatic hydroxyl groups excluding tert-OH is 1. The lowest BCUT2D eigenvalue weighted by atomic mass is 9.39. The third kappa shape index (κ3) is 4.92. The van der Waals surface area contributed by atoms with Crippen LogP contribution >= 0.6 is 31.9 Å². The van der Waals surface area contributed by atoms with E-state index in [9.17, 15) is 24.6 Å². The Hall–Kier alpha value is -2.37. The first-order valence-corrected chi connectivity index (χ1v) is 16.2. The first kappa shape index (κ1) is 33.0. The number of aliphatic hydroxyl groups is 2. The zero-order valence-electron chi connectivity index (χ0n) is 25.4. The molecule has 5 rings (SSSR count). The SMILES string of the molecule is C=C[C@@]1(C)CC(=O)[C@]2(O)[C@@]3(C)[C@@H](OC(=O)c4ccc(Br)cc4)CCC(C)(C)[C@@H]3[C@H](O)[C@H](OC(=O)c3ccc(Br)cc3)[C@@]2(C)O1. The van der Waals surface area contributed by atoms with E-state index in [1.165, 1.54) is 13.0 Å². The van der Waals surface area contributed by atoms with E-state index in [4.69, 9.17) is 14.2 Å². The number of fused-ring (bicyclic) bond motifs is 3. The Labute approximate surface area is 274 Å². The maximum atomic E-state index is 14.4. The molecule has 0 radical (unpaired) electrons. The van der Waals surface area contributed by atoms with Crippen LogP contribution in [-0.4, -0.2) is 63.0 Å². The number of carbonyl (C=O) groups excluding carboxylic acids is 3. The van der Waals surface area contributed by atoms with Crippen molar-refractivity contribution in [2.45, 2.75) is 89.0 Å². The number of carbonyl (C=O) groups is 3. The molecule has 1 aliphatic heterocycles. The summed E-state index contributed by atoms with van der Waals surface area (Å²) in [5, 5.41) is 25.3. The van der Waals surface area contributed by atoms with Crippen molar-refractivity contribution in [3.8, 4) is 0 Å². The van der Waals surface area contributed by atoms with E-state index in [0.29, 0.717) is 18.4 Å². The number of Topliss-reactive ketones (excluding diaryl/α,β-unsaturated/α-hetero) is 1. The van der Waals surface area contributed by atoms with Crippen molar-refractivity contribution in [3.63, 3.8) is 0 Å². The highest BCUT2D eigenvalue weighted by Crippen LogP contribution is 2.67. The second-order valence-corrected chi connectivity index (χ2v) is 15.4. The van der Waals surface area contributed by atoms with E-state index < -0.39 is 69.6 Å². The largest absolute Gasteiger partial charge is 0.458 e. The normalized spacial score (nSPS) is 37.7. The molecular weight excluding hydrogens is 696 g/mol. The highest BCUT2D eigenvalue weighted by Gasteiger charge is 2.82. The quantitative estimate of drug-likeness (QED) is 0.276. The van der Waals surface area contributed by atoms with Gasteiger partial charge in [0.2, 0.25) is 0 Å². The fourth-order valence-corrected chi connectivity index (χ4v) is 8.72. The van der Waals surface area contributed by atoms with E-state index in [0.717, 1.165) is 8.95 Å². The Bertz CT molecular complexity index is 1490. The molecule has 44 heavy (non-hydrogen) atoms. The van der Waals surface area contributed by atoms with Gasteiger partial charge in [0.15, 0.2) is 17.5 Å². The molecule has 2 aromatic carbocycles. The van der Waals surface area contributed by atoms with E-state index in [2.05, 4.69) is 38.4 Å². The summed E-state index contributed by atoms with van der Waals surface area (Å²) < 4.78 is 20.3. The summed E-state index contributed by atoms with van der Waals surface area (Å²) in [5.41, 5.74) is -7.25. The molecule has 1 heterocycles. The van der Waals surface area contributed by atoms with Crippen LogP contribution in [0.25, 0.3) is 0 Å². The maximum Gasteiger partial charge on any atom is 0.338 e. The number of halogens is 2. The smallest absolute Gasteiger partial charge is 0.338 e. The topological polar surface area (TPSA) is 119 Å². The summed E-state index contributed by atoms with van der Waals surface area (Å²) in [6.07, 6.45) is -1.79. The summed E-state index contributed by atoms with van der Waals surface area (Å²) in [6, 6.07) is 13.2. The molecule has 3 aliphatic rings. The van der Waals surface area contributed by atoms with Gasteiger partial charge in [-0.1, -0.05) is 58.7 Å². The van der Waals surface area contributed by atoms with Crippen molar-refractivity contribution < 1.29 is 38.8 Å². The molecule has 8 atom stereocenters. The van der Waals surface area contributed by atoms with Crippen LogP contribution in [0.3, 0.4) is 0 Å². The van der Waals surface area contributed by atoms with Crippen LogP contribution in [0.15, 0.2) is 70.1 Å². The number of benzene rings is 2. The fourth-order valence-electron chi connectivity index (χ4n) is 8.19. The van der Waals surface area contributed by atoms with E-state index in [1.54, 1.807) is 62.4 Å². The van der Waals surface area contributed by atoms with Crippen molar-refractivity contribution in [3.05, 3.63) is 81.3 Å². The summed E-state index contributed by atoms with van der Waals surface area (Å²) in [6.45, 7) is 12.6. The molecule has 2 saturated carbocycles. The standard InChI is InChI=1S/C34H38Br2O8/c1-7-31(4)18-23(37)34(41)32(5)24(42-28(39)19-8-12-21(35)13-9-19)16-17-30(2,3)26(32)25(38)27(33(34,6)44-31)43-29(40)20-10-14-22(36)15-11-20/h7-15,24-27,38,41H,1,16-18H2,2-6H3/t24-,25-,26-,27-,31-,32-,33+,34-/m0/s1. The second-order valence-electron chi connectivity index (χ2n) is 13.5. The summed E-state index contributed by atoms with van der Waals surface area (Å²) in [5.74, 6) is -2.79. The third-order valence-corrected chi connectivity index (χ3v) is 11.4. The monoisotopic (exact) mass is 732 g/mol. The molecule has 0 unspecified atom stereocenters. The van der Waals surface area contributed by atoms with Gasteiger partial charge in [0.1, 0.15) is 11.7 Å². The van der Waals surface area contributed by atoms with Crippen molar-refractivity contribution in [1.29, 1.82) is 0 Å². The first-order chi connectivity index (χ1) is 20.4. The van der Waals surface area contributed by atoms with Gasteiger partial charge in [-0.25, -0.2) is 9.59 Å². The second kappa shape index (κ2) is 11.2. The molecule has 0 amide bonds. The highest BCUT2D eigenvalue weighted by atomic mass is 79.9. The van der Waals surface area contributed by atoms with Crippen LogP contribution in [-0.2, 0) is 19.0 Å². The van der Waals surface area contributed by atoms with Crippen molar-refractivity contribution >= 4 is 49.6 Å². The van der Waals surface area contributed by atoms with Crippen LogP contribution < -0.4 is 0 Å². The maximum absolute atomic E-state index is 14.4. The van der Waals surface area contributed by atoms with Crippen LogP contribution in [0.4, 0.5) is 0 Å². The molecule has 8 nitrogen and oxygen atoms in total. The van der Waals surface area contributed by atoms with Gasteiger partial charge in [-0.05, 0) is 80.6 Å². The van der Waals surface area contributed by atoms with E-state index in [1.807, 2.05) is 13.8 Å². The van der Waals surface area contributed by atoms with E-state index in [-0.39, 0.29) is 12.0 Å². The Balaban J connectivity index is 1.66. The van der Waals surface area contributed by atoms with Gasteiger partial charge >= 0.3 is 11.9 Å². The molecule has 1 saturated heterocycles. The number of rotatable bonds is 5. The highest BCUT2D eigenvalue weighted by molar-refractivity contribution is 9.10. The van der Waals surface area contributed by atoms with Crippen molar-refractivity contribution in [1.82, 2.24) is 0 Å². The number of hydrogen-bond acceptors (Lipinski definition) is 8. The lowest BCUT2D eigenvalue weighted by molar-refractivity contribution is -0.368.